The first-order chi connectivity index (χ1) is 11.1. The molecule has 1 aromatic heterocycles. The Bertz CT molecular complexity index is 897. The van der Waals surface area contributed by atoms with Crippen molar-refractivity contribution >= 4 is 28.2 Å². The van der Waals surface area contributed by atoms with Crippen LogP contribution in [0.3, 0.4) is 0 Å². The van der Waals surface area contributed by atoms with Crippen molar-refractivity contribution in [3.63, 3.8) is 0 Å². The number of halogens is 2. The molecule has 1 heterocycles. The lowest BCUT2D eigenvalue weighted by Gasteiger charge is -2.12. The van der Waals surface area contributed by atoms with Gasteiger partial charge in [-0.25, -0.2) is 18.6 Å². The van der Waals surface area contributed by atoms with Gasteiger partial charge in [0.25, 0.3) is 0 Å². The second kappa shape index (κ2) is 6.00. The van der Waals surface area contributed by atoms with E-state index in [9.17, 15) is 13.6 Å². The second-order valence-electron chi connectivity index (χ2n) is 4.79. The van der Waals surface area contributed by atoms with Crippen LogP contribution in [0.15, 0.2) is 48.5 Å². The van der Waals surface area contributed by atoms with Crippen LogP contribution in [0.2, 0.25) is 0 Å². The van der Waals surface area contributed by atoms with Gasteiger partial charge in [0.1, 0.15) is 17.2 Å². The van der Waals surface area contributed by atoms with Gasteiger partial charge in [0.15, 0.2) is 5.69 Å². The third-order valence-corrected chi connectivity index (χ3v) is 3.33. The van der Waals surface area contributed by atoms with Gasteiger partial charge in [-0.05, 0) is 24.3 Å². The number of anilines is 2. The predicted octanol–water partition coefficient (Wildman–Crippen LogP) is 4.04. The molecule has 0 atom stereocenters. The number of ether oxygens (including phenoxy) is 1. The molecule has 0 spiro atoms. The molecule has 0 saturated carbocycles. The van der Waals surface area contributed by atoms with Gasteiger partial charge >= 0.3 is 5.97 Å². The van der Waals surface area contributed by atoms with Crippen molar-refractivity contribution in [2.75, 3.05) is 12.4 Å². The zero-order valence-electron chi connectivity index (χ0n) is 12.1. The number of pyridine rings is 1. The Labute approximate surface area is 130 Å². The molecule has 6 heteroatoms. The number of esters is 1. The highest BCUT2D eigenvalue weighted by molar-refractivity contribution is 5.99. The van der Waals surface area contributed by atoms with E-state index in [4.69, 9.17) is 0 Å². The van der Waals surface area contributed by atoms with Crippen LogP contribution in [-0.2, 0) is 4.74 Å². The normalized spacial score (nSPS) is 10.6. The van der Waals surface area contributed by atoms with Crippen LogP contribution in [-0.4, -0.2) is 18.1 Å². The van der Waals surface area contributed by atoms with Crippen LogP contribution >= 0.6 is 0 Å². The largest absolute Gasteiger partial charge is 0.464 e. The number of aromatic nitrogens is 1. The lowest BCUT2D eigenvalue weighted by atomic mass is 10.1. The molecular formula is C17H12F2N2O2. The molecule has 0 saturated heterocycles. The average molecular weight is 314 g/mol. The van der Waals surface area contributed by atoms with E-state index in [1.54, 1.807) is 24.3 Å². The molecular weight excluding hydrogens is 302 g/mol. The Kier molecular flexibility index (Phi) is 3.89. The highest BCUT2D eigenvalue weighted by Crippen LogP contribution is 2.29. The SMILES string of the molecule is COC(=O)c1cc(Nc2ccccc2F)c2cccc(F)c2n1. The summed E-state index contributed by atoms with van der Waals surface area (Å²) >= 11 is 0. The summed E-state index contributed by atoms with van der Waals surface area (Å²) < 4.78 is 32.5. The summed E-state index contributed by atoms with van der Waals surface area (Å²) in [6.45, 7) is 0. The van der Waals surface area contributed by atoms with Crippen molar-refractivity contribution in [3.8, 4) is 0 Å². The van der Waals surface area contributed by atoms with Gasteiger partial charge in [-0.3, -0.25) is 0 Å². The van der Waals surface area contributed by atoms with Gasteiger partial charge in [0.05, 0.1) is 18.5 Å². The standard InChI is InChI=1S/C17H12F2N2O2/c1-23-17(22)15-9-14(20-13-8-3-2-6-11(13)18)10-5-4-7-12(19)16(10)21-15/h2-9H,1H3,(H,20,21). The van der Waals surface area contributed by atoms with Crippen molar-refractivity contribution in [1.82, 2.24) is 4.98 Å². The quantitative estimate of drug-likeness (QED) is 0.741. The molecule has 0 aliphatic carbocycles. The molecule has 0 unspecified atom stereocenters. The molecule has 0 amide bonds. The number of para-hydroxylation sites is 2. The Morgan fingerprint density at radius 3 is 2.52 bits per heavy atom. The summed E-state index contributed by atoms with van der Waals surface area (Å²) in [5.41, 5.74) is 0.512. The van der Waals surface area contributed by atoms with E-state index < -0.39 is 17.6 Å². The molecule has 0 bridgehead atoms. The van der Waals surface area contributed by atoms with Crippen LogP contribution in [0.25, 0.3) is 10.9 Å². The van der Waals surface area contributed by atoms with E-state index in [-0.39, 0.29) is 16.9 Å². The first-order valence-electron chi connectivity index (χ1n) is 6.79. The molecule has 0 aliphatic heterocycles. The van der Waals surface area contributed by atoms with Crippen LogP contribution in [0.1, 0.15) is 10.5 Å². The molecule has 4 nitrogen and oxygen atoms in total. The molecule has 0 fully saturated rings. The lowest BCUT2D eigenvalue weighted by Crippen LogP contribution is -2.07. The summed E-state index contributed by atoms with van der Waals surface area (Å²) in [5, 5.41) is 3.30. The zero-order chi connectivity index (χ0) is 16.4. The summed E-state index contributed by atoms with van der Waals surface area (Å²) in [6, 6.07) is 11.9. The lowest BCUT2D eigenvalue weighted by molar-refractivity contribution is 0.0594. The van der Waals surface area contributed by atoms with Crippen LogP contribution in [0.5, 0.6) is 0 Å². The Hall–Kier alpha value is -3.02. The van der Waals surface area contributed by atoms with Gasteiger partial charge in [0, 0.05) is 5.39 Å². The van der Waals surface area contributed by atoms with E-state index in [2.05, 4.69) is 15.0 Å². The maximum absolute atomic E-state index is 14.0. The van der Waals surface area contributed by atoms with Gasteiger partial charge in [-0.2, -0.15) is 0 Å². The summed E-state index contributed by atoms with van der Waals surface area (Å²) in [5.74, 6) is -1.75. The van der Waals surface area contributed by atoms with Crippen molar-refractivity contribution in [1.29, 1.82) is 0 Å². The monoisotopic (exact) mass is 314 g/mol. The third-order valence-electron chi connectivity index (χ3n) is 3.33. The number of nitrogens with zero attached hydrogens (tertiary/aromatic N) is 1. The number of hydrogen-bond donors (Lipinski definition) is 1. The molecule has 0 radical (unpaired) electrons. The number of methoxy groups -OCH3 is 1. The number of benzene rings is 2. The first-order valence-corrected chi connectivity index (χ1v) is 6.79. The minimum atomic E-state index is -0.702. The minimum absolute atomic E-state index is 0.00855. The van der Waals surface area contributed by atoms with E-state index in [1.165, 1.54) is 31.4 Å². The molecule has 2 aromatic carbocycles. The van der Waals surface area contributed by atoms with Crippen molar-refractivity contribution in [2.24, 2.45) is 0 Å². The Morgan fingerprint density at radius 1 is 1.04 bits per heavy atom. The highest BCUT2D eigenvalue weighted by atomic mass is 19.1. The summed E-state index contributed by atoms with van der Waals surface area (Å²) in [6.07, 6.45) is 0. The van der Waals surface area contributed by atoms with E-state index in [1.807, 2.05) is 0 Å². The number of rotatable bonds is 3. The van der Waals surface area contributed by atoms with Crippen LogP contribution in [0, 0.1) is 11.6 Å². The van der Waals surface area contributed by atoms with Crippen molar-refractivity contribution in [2.45, 2.75) is 0 Å². The Balaban J connectivity index is 2.20. The number of nitrogens with one attached hydrogen (secondary N) is 1. The van der Waals surface area contributed by atoms with Crippen molar-refractivity contribution < 1.29 is 18.3 Å². The second-order valence-corrected chi connectivity index (χ2v) is 4.79. The van der Waals surface area contributed by atoms with E-state index >= 15 is 0 Å². The van der Waals surface area contributed by atoms with Gasteiger partial charge < -0.3 is 10.1 Å². The third kappa shape index (κ3) is 2.83. The maximum Gasteiger partial charge on any atom is 0.356 e. The molecule has 23 heavy (non-hydrogen) atoms. The molecule has 3 aromatic rings. The molecule has 1 N–H and O–H groups in total. The number of hydrogen-bond acceptors (Lipinski definition) is 4. The zero-order valence-corrected chi connectivity index (χ0v) is 12.1. The Morgan fingerprint density at radius 2 is 1.78 bits per heavy atom. The molecule has 3 rings (SSSR count). The smallest absolute Gasteiger partial charge is 0.356 e. The fourth-order valence-corrected chi connectivity index (χ4v) is 2.23. The molecule has 116 valence electrons. The molecule has 0 aliphatic rings. The van der Waals surface area contributed by atoms with E-state index in [0.29, 0.717) is 11.1 Å². The summed E-state index contributed by atoms with van der Waals surface area (Å²) in [4.78, 5) is 15.7. The fraction of sp³-hybridized carbons (Fsp3) is 0.0588. The van der Waals surface area contributed by atoms with Crippen LogP contribution < -0.4 is 5.32 Å². The maximum atomic E-state index is 14.0. The predicted molar refractivity (Wildman–Crippen MR) is 82.7 cm³/mol. The number of carbonyl (C=O) groups excluding carboxylic acids is 1. The summed E-state index contributed by atoms with van der Waals surface area (Å²) in [7, 11) is 1.21. The van der Waals surface area contributed by atoms with Gasteiger partial charge in [-0.15, -0.1) is 0 Å². The van der Waals surface area contributed by atoms with Crippen molar-refractivity contribution in [3.05, 3.63) is 65.9 Å². The van der Waals surface area contributed by atoms with Gasteiger partial charge in [0.2, 0.25) is 0 Å². The number of carbonyl (C=O) groups is 1. The minimum Gasteiger partial charge on any atom is -0.464 e. The van der Waals surface area contributed by atoms with E-state index in [0.717, 1.165) is 0 Å². The first kappa shape index (κ1) is 14.9. The average Bonchev–Trinajstić information content (AvgIpc) is 2.56. The van der Waals surface area contributed by atoms with Gasteiger partial charge in [-0.1, -0.05) is 24.3 Å². The number of fused-ring (bicyclic) bond motifs is 1. The van der Waals surface area contributed by atoms with Crippen LogP contribution in [0.4, 0.5) is 20.2 Å². The fourth-order valence-electron chi connectivity index (χ4n) is 2.23. The topological polar surface area (TPSA) is 51.2 Å². The highest BCUT2D eigenvalue weighted by Gasteiger charge is 2.15.